The number of phenolic OH excluding ortho intramolecular Hbond substituents is 1. The number of hydroxylamine groups is 1. The number of ether oxygens (including phenoxy) is 1. The van der Waals surface area contributed by atoms with E-state index in [4.69, 9.17) is 9.94 Å². The van der Waals surface area contributed by atoms with Crippen LogP contribution in [0.2, 0.25) is 0 Å². The van der Waals surface area contributed by atoms with E-state index in [0.29, 0.717) is 33.0 Å². The summed E-state index contributed by atoms with van der Waals surface area (Å²) < 4.78 is 6.93. The Hall–Kier alpha value is -2.01. The number of benzene rings is 2. The predicted molar refractivity (Wildman–Crippen MR) is 132 cm³/mol. The Labute approximate surface area is 207 Å². The maximum Gasteiger partial charge on any atom is 0.412 e. The molecule has 0 aliphatic heterocycles. The second-order valence-corrected chi connectivity index (χ2v) is 9.59. The van der Waals surface area contributed by atoms with Crippen molar-refractivity contribution in [1.82, 2.24) is 5.48 Å². The van der Waals surface area contributed by atoms with Gasteiger partial charge >= 0.3 is 6.09 Å². The van der Waals surface area contributed by atoms with Crippen LogP contribution in [-0.2, 0) is 9.53 Å². The number of hydrogen-bond acceptors (Lipinski definition) is 6. The minimum Gasteiger partial charge on any atom is -0.506 e. The zero-order valence-corrected chi connectivity index (χ0v) is 21.5. The topological polar surface area (TPSA) is 108 Å². The van der Waals surface area contributed by atoms with Gasteiger partial charge in [0, 0.05) is 26.7 Å². The first-order valence-corrected chi connectivity index (χ1v) is 12.5. The molecule has 32 heavy (non-hydrogen) atoms. The number of allylic oxidation sites excluding steroid dienone is 1. The summed E-state index contributed by atoms with van der Waals surface area (Å²) in [6.07, 6.45) is 4.46. The van der Waals surface area contributed by atoms with Gasteiger partial charge in [0.25, 0.3) is 5.91 Å². The largest absolute Gasteiger partial charge is 0.506 e. The minimum absolute atomic E-state index is 0.0163. The van der Waals surface area contributed by atoms with Crippen molar-refractivity contribution in [2.75, 3.05) is 11.6 Å². The summed E-state index contributed by atoms with van der Waals surface area (Å²) in [5, 5.41) is 21.9. The quantitative estimate of drug-likeness (QED) is 0.117. The monoisotopic (exact) mass is 586 g/mol. The molecule has 2 aromatic rings. The van der Waals surface area contributed by atoms with Gasteiger partial charge in [-0.25, -0.2) is 10.3 Å². The molecule has 2 rings (SSSR count). The van der Waals surface area contributed by atoms with E-state index in [-0.39, 0.29) is 11.7 Å². The van der Waals surface area contributed by atoms with Crippen molar-refractivity contribution < 1.29 is 24.6 Å². The molecular formula is C22H24Br2N2O5S. The van der Waals surface area contributed by atoms with Crippen LogP contribution in [0.1, 0.15) is 31.4 Å². The Kier molecular flexibility index (Phi) is 10.6. The smallest absolute Gasteiger partial charge is 0.412 e. The average Bonchev–Trinajstić information content (AvgIpc) is 2.77. The zero-order chi connectivity index (χ0) is 23.7. The number of aromatic hydroxyl groups is 1. The van der Waals surface area contributed by atoms with Crippen LogP contribution in [0.25, 0.3) is 0 Å². The van der Waals surface area contributed by atoms with E-state index in [9.17, 15) is 14.7 Å². The summed E-state index contributed by atoms with van der Waals surface area (Å²) in [7, 11) is 0. The number of nitrogens with one attached hydrogen (secondary N) is 2. The molecule has 172 valence electrons. The van der Waals surface area contributed by atoms with Crippen molar-refractivity contribution in [2.45, 2.75) is 30.8 Å². The third-order valence-corrected chi connectivity index (χ3v) is 6.43. The lowest BCUT2D eigenvalue weighted by molar-refractivity contribution is -0.124. The molecule has 0 spiro atoms. The highest BCUT2D eigenvalue weighted by Gasteiger charge is 2.27. The Morgan fingerprint density at radius 1 is 1.22 bits per heavy atom. The Balaban J connectivity index is 2.20. The van der Waals surface area contributed by atoms with Crippen molar-refractivity contribution in [1.29, 1.82) is 0 Å². The van der Waals surface area contributed by atoms with Crippen LogP contribution in [0.15, 0.2) is 62.4 Å². The normalized spacial score (nSPS) is 12.9. The highest BCUT2D eigenvalue weighted by molar-refractivity contribution is 9.11. The van der Waals surface area contributed by atoms with Crippen LogP contribution in [-0.4, -0.2) is 28.6 Å². The molecule has 0 aliphatic carbocycles. The van der Waals surface area contributed by atoms with Crippen LogP contribution < -0.4 is 10.8 Å². The number of carbonyl (C=O) groups is 2. The van der Waals surface area contributed by atoms with Crippen LogP contribution in [0, 0.1) is 5.92 Å². The van der Waals surface area contributed by atoms with Crippen molar-refractivity contribution in [3.8, 4) is 5.75 Å². The number of halogens is 2. The van der Waals surface area contributed by atoms with E-state index in [1.807, 2.05) is 25.3 Å². The zero-order valence-electron chi connectivity index (χ0n) is 17.5. The van der Waals surface area contributed by atoms with Crippen molar-refractivity contribution in [3.05, 3.63) is 63.1 Å². The first kappa shape index (κ1) is 26.2. The van der Waals surface area contributed by atoms with Gasteiger partial charge in [0.05, 0.1) is 4.47 Å². The van der Waals surface area contributed by atoms with Crippen LogP contribution in [0.5, 0.6) is 5.75 Å². The highest BCUT2D eigenvalue weighted by atomic mass is 79.9. The average molecular weight is 588 g/mol. The third-order valence-electron chi connectivity index (χ3n) is 4.62. The van der Waals surface area contributed by atoms with Gasteiger partial charge in [-0.15, -0.1) is 11.8 Å². The molecule has 0 bridgehead atoms. The molecule has 2 atom stereocenters. The van der Waals surface area contributed by atoms with Crippen LogP contribution >= 0.6 is 43.6 Å². The third kappa shape index (κ3) is 7.84. The molecule has 0 saturated heterocycles. The second-order valence-electron chi connectivity index (χ2n) is 6.94. The SMILES string of the molecule is CSc1ccc(NC(=O)O[C@H](c2cc(Br)cc(Br)c2O)[C@H](C)CC/C=C/C(=O)NO)cc1. The van der Waals surface area contributed by atoms with E-state index >= 15 is 0 Å². The molecule has 0 saturated carbocycles. The van der Waals surface area contributed by atoms with Gasteiger partial charge in [-0.1, -0.05) is 28.9 Å². The summed E-state index contributed by atoms with van der Waals surface area (Å²) in [6, 6.07) is 10.8. The molecule has 2 aromatic carbocycles. The molecule has 0 aromatic heterocycles. The molecular weight excluding hydrogens is 564 g/mol. The minimum atomic E-state index is -0.755. The molecule has 10 heteroatoms. The molecule has 0 unspecified atom stereocenters. The molecule has 7 nitrogen and oxygen atoms in total. The number of thioether (sulfide) groups is 1. The first-order valence-electron chi connectivity index (χ1n) is 9.65. The molecule has 0 heterocycles. The van der Waals surface area contributed by atoms with E-state index in [2.05, 4.69) is 37.2 Å². The highest BCUT2D eigenvalue weighted by Crippen LogP contribution is 2.40. The summed E-state index contributed by atoms with van der Waals surface area (Å²) in [6.45, 7) is 1.89. The van der Waals surface area contributed by atoms with Gasteiger partial charge in [0.1, 0.15) is 11.9 Å². The fourth-order valence-electron chi connectivity index (χ4n) is 2.96. The van der Waals surface area contributed by atoms with E-state index < -0.39 is 18.1 Å². The van der Waals surface area contributed by atoms with Crippen molar-refractivity contribution >= 4 is 61.3 Å². The van der Waals surface area contributed by atoms with Crippen molar-refractivity contribution in [3.63, 3.8) is 0 Å². The lowest BCUT2D eigenvalue weighted by Crippen LogP contribution is -2.22. The Bertz CT molecular complexity index is 970. The summed E-state index contributed by atoms with van der Waals surface area (Å²) in [5.41, 5.74) is 2.57. The number of amides is 2. The van der Waals surface area contributed by atoms with Gasteiger partial charge in [-0.2, -0.15) is 0 Å². The maximum absolute atomic E-state index is 12.7. The summed E-state index contributed by atoms with van der Waals surface area (Å²) in [5.74, 6) is -0.836. The standard InChI is InChI=1S/C22H24Br2N2O5S/c1-13(5-3-4-6-19(27)26-30)21(17-11-14(23)12-18(24)20(17)28)31-22(29)25-15-7-9-16(32-2)10-8-15/h4,6-13,21,28,30H,3,5H2,1-2H3,(H,25,29)(H,26,27)/b6-4+/t13-,21+/m1/s1. The summed E-state index contributed by atoms with van der Waals surface area (Å²) in [4.78, 5) is 24.8. The van der Waals surface area contributed by atoms with E-state index in [1.165, 1.54) is 11.6 Å². The Morgan fingerprint density at radius 2 is 1.91 bits per heavy atom. The molecule has 0 fully saturated rings. The van der Waals surface area contributed by atoms with Crippen LogP contribution in [0.3, 0.4) is 0 Å². The van der Waals surface area contributed by atoms with Crippen molar-refractivity contribution in [2.24, 2.45) is 5.92 Å². The number of rotatable bonds is 9. The maximum atomic E-state index is 12.7. The molecule has 0 aliphatic rings. The van der Waals surface area contributed by atoms with Gasteiger partial charge < -0.3 is 9.84 Å². The molecule has 0 radical (unpaired) electrons. The lowest BCUT2D eigenvalue weighted by Gasteiger charge is -2.26. The fourth-order valence-corrected chi connectivity index (χ4v) is 4.63. The number of carbonyl (C=O) groups excluding carboxylic acids is 2. The molecule has 2 amide bonds. The van der Waals surface area contributed by atoms with Gasteiger partial charge in [-0.05, 0) is 77.3 Å². The number of phenols is 1. The van der Waals surface area contributed by atoms with E-state index in [0.717, 1.165) is 4.90 Å². The predicted octanol–water partition coefficient (Wildman–Crippen LogP) is 6.41. The van der Waals surface area contributed by atoms with Gasteiger partial charge in [-0.3, -0.25) is 15.3 Å². The van der Waals surface area contributed by atoms with Crippen LogP contribution in [0.4, 0.5) is 10.5 Å². The van der Waals surface area contributed by atoms with E-state index in [1.54, 1.807) is 42.1 Å². The fraction of sp³-hybridized carbons (Fsp3) is 0.273. The van der Waals surface area contributed by atoms with Gasteiger partial charge in [0.15, 0.2) is 0 Å². The second kappa shape index (κ2) is 12.9. The summed E-state index contributed by atoms with van der Waals surface area (Å²) >= 11 is 8.33. The molecule has 4 N–H and O–H groups in total. The first-order chi connectivity index (χ1) is 15.2. The lowest BCUT2D eigenvalue weighted by atomic mass is 9.92. The number of anilines is 1. The van der Waals surface area contributed by atoms with Gasteiger partial charge in [0.2, 0.25) is 0 Å². The number of hydrogen-bond donors (Lipinski definition) is 4. The Morgan fingerprint density at radius 3 is 2.53 bits per heavy atom.